The number of para-hydroxylation sites is 1. The van der Waals surface area contributed by atoms with Gasteiger partial charge in [0.2, 0.25) is 5.91 Å². The molecule has 0 spiro atoms. The molecule has 6 heteroatoms. The van der Waals surface area contributed by atoms with Gasteiger partial charge in [-0.05, 0) is 37.0 Å². The number of amides is 1. The van der Waals surface area contributed by atoms with Crippen LogP contribution in [0, 0.1) is 0 Å². The summed E-state index contributed by atoms with van der Waals surface area (Å²) in [5.74, 6) is 0.992. The maximum atomic E-state index is 12.1. The van der Waals surface area contributed by atoms with Gasteiger partial charge >= 0.3 is 0 Å². The summed E-state index contributed by atoms with van der Waals surface area (Å²) in [6.07, 6.45) is 5.29. The Morgan fingerprint density at radius 1 is 1.09 bits per heavy atom. The third-order valence-electron chi connectivity index (χ3n) is 6.82. The Kier molecular flexibility index (Phi) is 7.10. The Bertz CT molecular complexity index is 936. The largest absolute Gasteiger partial charge is 0.356 e. The summed E-state index contributed by atoms with van der Waals surface area (Å²) in [5.41, 5.74) is 3.48. The van der Waals surface area contributed by atoms with Gasteiger partial charge in [-0.2, -0.15) is 0 Å². The minimum atomic E-state index is 0.0597. The molecular formula is C26H35N5O. The zero-order chi connectivity index (χ0) is 22.4. The van der Waals surface area contributed by atoms with Gasteiger partial charge in [-0.25, -0.2) is 0 Å². The summed E-state index contributed by atoms with van der Waals surface area (Å²) in [6, 6.07) is 19.0. The van der Waals surface area contributed by atoms with E-state index in [0.717, 1.165) is 31.0 Å². The van der Waals surface area contributed by atoms with Crippen LogP contribution in [0.5, 0.6) is 0 Å². The highest BCUT2D eigenvalue weighted by molar-refractivity contribution is 5.94. The molecule has 1 saturated carbocycles. The van der Waals surface area contributed by atoms with Crippen molar-refractivity contribution >= 4 is 17.6 Å². The second-order valence-corrected chi connectivity index (χ2v) is 9.11. The van der Waals surface area contributed by atoms with E-state index in [-0.39, 0.29) is 17.4 Å². The smallest absolute Gasteiger partial charge is 0.225 e. The van der Waals surface area contributed by atoms with E-state index in [4.69, 9.17) is 0 Å². The highest BCUT2D eigenvalue weighted by Crippen LogP contribution is 2.32. The van der Waals surface area contributed by atoms with Crippen molar-refractivity contribution in [1.29, 1.82) is 0 Å². The molecule has 0 saturated heterocycles. The zero-order valence-electron chi connectivity index (χ0n) is 19.2. The number of benzene rings is 2. The van der Waals surface area contributed by atoms with E-state index in [9.17, 15) is 4.79 Å². The van der Waals surface area contributed by atoms with E-state index in [2.05, 4.69) is 69.6 Å². The predicted octanol–water partition coefficient (Wildman–Crippen LogP) is 3.94. The molecule has 170 valence electrons. The van der Waals surface area contributed by atoms with Crippen molar-refractivity contribution in [2.45, 2.75) is 56.5 Å². The molecule has 32 heavy (non-hydrogen) atoms. The average molecular weight is 434 g/mol. The number of rotatable bonds is 7. The lowest BCUT2D eigenvalue weighted by atomic mass is 9.90. The highest BCUT2D eigenvalue weighted by atomic mass is 16.1. The van der Waals surface area contributed by atoms with Gasteiger partial charge in [-0.15, -0.1) is 0 Å². The normalized spacial score (nSPS) is 20.9. The second-order valence-electron chi connectivity index (χ2n) is 9.11. The van der Waals surface area contributed by atoms with Crippen molar-refractivity contribution in [2.24, 2.45) is 4.99 Å². The van der Waals surface area contributed by atoms with Crippen LogP contribution in [-0.2, 0) is 4.79 Å². The molecule has 6 nitrogen and oxygen atoms in total. The van der Waals surface area contributed by atoms with Gasteiger partial charge in [0, 0.05) is 49.7 Å². The van der Waals surface area contributed by atoms with Gasteiger partial charge < -0.3 is 21.3 Å². The van der Waals surface area contributed by atoms with Crippen molar-refractivity contribution in [2.75, 3.05) is 25.5 Å². The van der Waals surface area contributed by atoms with Gasteiger partial charge in [0.05, 0.1) is 0 Å². The first-order valence-corrected chi connectivity index (χ1v) is 11.7. The highest BCUT2D eigenvalue weighted by Gasteiger charge is 2.35. The SMILES string of the molecule is CN=C(NCC1CC(=O)Nc2ccccc21)NCC1(NC(C)c2ccccc2)CCCC1. The lowest BCUT2D eigenvalue weighted by Crippen LogP contribution is -2.54. The number of hydrogen-bond acceptors (Lipinski definition) is 3. The van der Waals surface area contributed by atoms with Gasteiger partial charge in [-0.1, -0.05) is 61.4 Å². The Labute approximate surface area is 191 Å². The van der Waals surface area contributed by atoms with Crippen LogP contribution >= 0.6 is 0 Å². The molecule has 2 unspecified atom stereocenters. The molecule has 2 atom stereocenters. The summed E-state index contributed by atoms with van der Waals surface area (Å²) < 4.78 is 0. The summed E-state index contributed by atoms with van der Waals surface area (Å²) in [5, 5.41) is 13.9. The summed E-state index contributed by atoms with van der Waals surface area (Å²) in [4.78, 5) is 16.6. The van der Waals surface area contributed by atoms with Crippen LogP contribution in [0.3, 0.4) is 0 Å². The number of carbonyl (C=O) groups is 1. The summed E-state index contributed by atoms with van der Waals surface area (Å²) >= 11 is 0. The summed E-state index contributed by atoms with van der Waals surface area (Å²) in [6.45, 7) is 3.74. The molecule has 0 bridgehead atoms. The van der Waals surface area contributed by atoms with Crippen LogP contribution in [0.2, 0.25) is 0 Å². The fourth-order valence-electron chi connectivity index (χ4n) is 5.09. The number of nitrogens with one attached hydrogen (secondary N) is 4. The van der Waals surface area contributed by atoms with Crippen molar-refractivity contribution in [1.82, 2.24) is 16.0 Å². The molecular weight excluding hydrogens is 398 g/mol. The fraction of sp³-hybridized carbons (Fsp3) is 0.462. The van der Waals surface area contributed by atoms with Gasteiger partial charge in [0.15, 0.2) is 5.96 Å². The maximum Gasteiger partial charge on any atom is 0.225 e. The summed E-state index contributed by atoms with van der Waals surface area (Å²) in [7, 11) is 1.80. The number of hydrogen-bond donors (Lipinski definition) is 4. The number of aliphatic imine (C=N–C) groups is 1. The minimum absolute atomic E-state index is 0.0597. The lowest BCUT2D eigenvalue weighted by Gasteiger charge is -2.35. The Hall–Kier alpha value is -2.86. The second kappa shape index (κ2) is 10.2. The molecule has 2 aliphatic rings. The first-order valence-electron chi connectivity index (χ1n) is 11.7. The first-order chi connectivity index (χ1) is 15.6. The number of anilines is 1. The lowest BCUT2D eigenvalue weighted by molar-refractivity contribution is -0.116. The van der Waals surface area contributed by atoms with Gasteiger partial charge in [0.25, 0.3) is 0 Å². The van der Waals surface area contributed by atoms with Gasteiger partial charge in [-0.3, -0.25) is 9.79 Å². The molecule has 1 aliphatic heterocycles. The van der Waals surface area contributed by atoms with Crippen LogP contribution < -0.4 is 21.3 Å². The topological polar surface area (TPSA) is 77.5 Å². The van der Waals surface area contributed by atoms with Crippen LogP contribution in [0.25, 0.3) is 0 Å². The average Bonchev–Trinajstić information content (AvgIpc) is 3.28. The molecule has 2 aromatic rings. The van der Waals surface area contributed by atoms with Crippen LogP contribution in [0.15, 0.2) is 59.6 Å². The molecule has 1 heterocycles. The van der Waals surface area contributed by atoms with E-state index in [1.54, 1.807) is 7.05 Å². The molecule has 0 aromatic heterocycles. The van der Waals surface area contributed by atoms with E-state index in [1.165, 1.54) is 24.0 Å². The number of carbonyl (C=O) groups excluding carboxylic acids is 1. The molecule has 1 aliphatic carbocycles. The van der Waals surface area contributed by atoms with Crippen molar-refractivity contribution in [3.8, 4) is 0 Å². The molecule has 1 fully saturated rings. The Balaban J connectivity index is 1.35. The van der Waals surface area contributed by atoms with Crippen molar-refractivity contribution < 1.29 is 4.79 Å². The first kappa shape index (κ1) is 22.3. The molecule has 2 aromatic carbocycles. The predicted molar refractivity (Wildman–Crippen MR) is 131 cm³/mol. The Morgan fingerprint density at radius 3 is 2.56 bits per heavy atom. The third kappa shape index (κ3) is 5.30. The maximum absolute atomic E-state index is 12.1. The van der Waals surface area contributed by atoms with E-state index in [1.807, 2.05) is 18.2 Å². The van der Waals surface area contributed by atoms with Crippen molar-refractivity contribution in [3.05, 3.63) is 65.7 Å². The zero-order valence-corrected chi connectivity index (χ0v) is 19.2. The standard InChI is InChI=1S/C26H35N5O/c1-19(20-10-4-3-5-11-20)31-26(14-8-9-15-26)18-29-25(27-2)28-17-21-16-24(32)30-23-13-7-6-12-22(21)23/h3-7,10-13,19,21,31H,8-9,14-18H2,1-2H3,(H,30,32)(H2,27,28,29). The Morgan fingerprint density at radius 2 is 1.81 bits per heavy atom. The minimum Gasteiger partial charge on any atom is -0.356 e. The van der Waals surface area contributed by atoms with Crippen LogP contribution in [0.4, 0.5) is 5.69 Å². The quantitative estimate of drug-likeness (QED) is 0.394. The van der Waals surface area contributed by atoms with Crippen LogP contribution in [-0.4, -0.2) is 37.5 Å². The number of nitrogens with zero attached hydrogens (tertiary/aromatic N) is 1. The third-order valence-corrected chi connectivity index (χ3v) is 6.82. The van der Waals surface area contributed by atoms with Crippen LogP contribution in [0.1, 0.15) is 62.1 Å². The van der Waals surface area contributed by atoms with Gasteiger partial charge in [0.1, 0.15) is 0 Å². The number of guanidine groups is 1. The molecule has 4 N–H and O–H groups in total. The molecule has 0 radical (unpaired) electrons. The van der Waals surface area contributed by atoms with E-state index in [0.29, 0.717) is 19.0 Å². The van der Waals surface area contributed by atoms with E-state index < -0.39 is 0 Å². The molecule has 4 rings (SSSR count). The van der Waals surface area contributed by atoms with Crippen molar-refractivity contribution in [3.63, 3.8) is 0 Å². The fourth-order valence-corrected chi connectivity index (χ4v) is 5.09. The van der Waals surface area contributed by atoms with E-state index >= 15 is 0 Å². The number of fused-ring (bicyclic) bond motifs is 1. The monoisotopic (exact) mass is 433 g/mol. The molecule has 1 amide bonds.